The molecule has 0 N–H and O–H groups in total. The van der Waals surface area contributed by atoms with Gasteiger partial charge in [0.2, 0.25) is 5.91 Å². The van der Waals surface area contributed by atoms with Gasteiger partial charge in [0.1, 0.15) is 12.1 Å². The van der Waals surface area contributed by atoms with Crippen molar-refractivity contribution in [1.29, 1.82) is 0 Å². The summed E-state index contributed by atoms with van der Waals surface area (Å²) in [5.74, 6) is -11.5. The van der Waals surface area contributed by atoms with Gasteiger partial charge < -0.3 is 24.3 Å². The number of likely N-dealkylation sites (tertiary alicyclic amines) is 1. The number of fused-ring (bicyclic) bond motifs is 1. The predicted molar refractivity (Wildman–Crippen MR) is 80.8 cm³/mol. The number of hydrogen-bond donors (Lipinski definition) is 0. The summed E-state index contributed by atoms with van der Waals surface area (Å²) in [5, 5.41) is 10.4. The Morgan fingerprint density at radius 3 is 2.44 bits per heavy atom. The van der Waals surface area contributed by atoms with Crippen LogP contribution in [-0.4, -0.2) is 59.4 Å². The van der Waals surface area contributed by atoms with Crippen LogP contribution in [0.4, 0.5) is 8.78 Å². The van der Waals surface area contributed by atoms with Gasteiger partial charge in [-0.15, -0.1) is 0 Å². The van der Waals surface area contributed by atoms with Crippen molar-refractivity contribution in [3.05, 3.63) is 0 Å². The van der Waals surface area contributed by atoms with Crippen molar-refractivity contribution in [1.82, 2.24) is 4.90 Å². The van der Waals surface area contributed by atoms with Crippen molar-refractivity contribution in [2.75, 3.05) is 6.61 Å². The largest absolute Gasteiger partial charge is 0.544 e. The van der Waals surface area contributed by atoms with E-state index in [0.717, 1.165) is 0 Å². The molecular formula is C17H20F2NO7-. The van der Waals surface area contributed by atoms with Crippen LogP contribution in [0.3, 0.4) is 0 Å². The van der Waals surface area contributed by atoms with Crippen LogP contribution in [0.5, 0.6) is 0 Å². The number of carboxylic acid groups (broad SMARTS) is 1. The van der Waals surface area contributed by atoms with E-state index in [9.17, 15) is 33.1 Å². The first-order valence-corrected chi connectivity index (χ1v) is 8.72. The molecule has 10 heteroatoms. The molecule has 1 heterocycles. The number of rotatable bonds is 6. The Balaban J connectivity index is 1.85. The molecule has 3 rings (SSSR count). The van der Waals surface area contributed by atoms with Gasteiger partial charge >= 0.3 is 17.9 Å². The Hall–Kier alpha value is -2.26. The molecule has 0 aromatic carbocycles. The van der Waals surface area contributed by atoms with E-state index in [1.807, 2.05) is 0 Å². The molecular weight excluding hydrogens is 368 g/mol. The first-order valence-electron chi connectivity index (χ1n) is 8.72. The predicted octanol–water partition coefficient (Wildman–Crippen LogP) is -0.652. The molecule has 3 aliphatic rings. The normalized spacial score (nSPS) is 34.3. The van der Waals surface area contributed by atoms with Crippen molar-refractivity contribution < 1.29 is 42.5 Å². The van der Waals surface area contributed by atoms with Crippen molar-refractivity contribution in [2.24, 2.45) is 23.7 Å². The lowest BCUT2D eigenvalue weighted by Crippen LogP contribution is -2.49. The third kappa shape index (κ3) is 2.94. The van der Waals surface area contributed by atoms with E-state index >= 15 is 0 Å². The molecule has 6 unspecified atom stereocenters. The lowest BCUT2D eigenvalue weighted by atomic mass is 9.78. The summed E-state index contributed by atoms with van der Waals surface area (Å²) >= 11 is 0. The van der Waals surface area contributed by atoms with Gasteiger partial charge in [-0.05, 0) is 26.2 Å². The second kappa shape index (κ2) is 6.42. The number of carbonyl (C=O) groups is 4. The minimum atomic E-state index is -4.32. The lowest BCUT2D eigenvalue weighted by Gasteiger charge is -2.35. The Morgan fingerprint density at radius 2 is 1.93 bits per heavy atom. The van der Waals surface area contributed by atoms with E-state index in [1.165, 1.54) is 6.92 Å². The van der Waals surface area contributed by atoms with Gasteiger partial charge in [0, 0.05) is 18.9 Å². The number of aliphatic carboxylic acids is 1. The summed E-state index contributed by atoms with van der Waals surface area (Å²) in [6.45, 7) is 3.15. The summed E-state index contributed by atoms with van der Waals surface area (Å²) in [6, 6.07) is -0.547. The maximum atomic E-state index is 13.2. The first kappa shape index (κ1) is 19.5. The van der Waals surface area contributed by atoms with Gasteiger partial charge in [0.15, 0.2) is 6.61 Å². The summed E-state index contributed by atoms with van der Waals surface area (Å²) in [6.07, 6.45) is -0.296. The number of nitrogens with zero attached hydrogens (tertiary/aromatic N) is 1. The van der Waals surface area contributed by atoms with Crippen molar-refractivity contribution >= 4 is 23.8 Å². The number of amides is 1. The average molecular weight is 388 g/mol. The summed E-state index contributed by atoms with van der Waals surface area (Å²) < 4.78 is 36.3. The number of esters is 2. The highest BCUT2D eigenvalue weighted by atomic mass is 19.3. The molecule has 1 amide bonds. The van der Waals surface area contributed by atoms with E-state index < -0.39 is 54.3 Å². The van der Waals surface area contributed by atoms with E-state index in [4.69, 9.17) is 4.74 Å². The number of hydrogen-bond acceptors (Lipinski definition) is 7. The molecule has 8 nitrogen and oxygen atoms in total. The van der Waals surface area contributed by atoms with E-state index in [2.05, 4.69) is 4.74 Å². The number of carboxylic acids is 1. The van der Waals surface area contributed by atoms with Gasteiger partial charge in [-0.1, -0.05) is 0 Å². The zero-order chi connectivity index (χ0) is 20.3. The number of alkyl halides is 2. The molecule has 0 aromatic heterocycles. The minimum absolute atomic E-state index is 0.191. The number of halogens is 2. The Labute approximate surface area is 153 Å². The van der Waals surface area contributed by atoms with E-state index in [1.54, 1.807) is 18.7 Å². The highest BCUT2D eigenvalue weighted by Crippen LogP contribution is 2.60. The quantitative estimate of drug-likeness (QED) is 0.556. The van der Waals surface area contributed by atoms with Crippen LogP contribution in [0.15, 0.2) is 0 Å². The van der Waals surface area contributed by atoms with Crippen LogP contribution in [0.25, 0.3) is 0 Å². The van der Waals surface area contributed by atoms with Crippen LogP contribution < -0.4 is 5.11 Å². The molecule has 2 aliphatic carbocycles. The van der Waals surface area contributed by atoms with Crippen LogP contribution in [-0.2, 0) is 28.7 Å². The Morgan fingerprint density at radius 1 is 1.30 bits per heavy atom. The molecule has 2 saturated carbocycles. The Bertz CT molecular complexity index is 695. The fourth-order valence-corrected chi connectivity index (χ4v) is 4.93. The molecule has 1 aliphatic heterocycles. The lowest BCUT2D eigenvalue weighted by molar-refractivity contribution is -0.331. The maximum absolute atomic E-state index is 13.2. The molecule has 27 heavy (non-hydrogen) atoms. The highest BCUT2D eigenvalue weighted by molar-refractivity contribution is 5.90. The zero-order valence-electron chi connectivity index (χ0n) is 15.0. The molecule has 6 atom stereocenters. The fraction of sp³-hybridized carbons (Fsp3) is 0.765. The van der Waals surface area contributed by atoms with Crippen LogP contribution in [0, 0.1) is 23.7 Å². The molecule has 2 bridgehead atoms. The standard InChI is InChI=1S/C17H21F2NO7/c1-6(2)20-12-8-4-9(13(12)27-7(3)21)11(10(8)14(20)22)15(23)26-5-17(18,19)16(24)25/h6,8-13H,4-5H2,1-3H3,(H,24,25)/p-1. The van der Waals surface area contributed by atoms with Gasteiger partial charge in [0.05, 0.1) is 17.9 Å². The molecule has 150 valence electrons. The number of carbonyl (C=O) groups excluding carboxylic acids is 4. The summed E-state index contributed by atoms with van der Waals surface area (Å²) in [5.41, 5.74) is 0. The molecule has 1 saturated heterocycles. The molecule has 3 fully saturated rings. The third-order valence-corrected chi connectivity index (χ3v) is 5.74. The van der Waals surface area contributed by atoms with Gasteiger partial charge in [-0.2, -0.15) is 8.78 Å². The Kier molecular flexibility index (Phi) is 4.63. The third-order valence-electron chi connectivity index (χ3n) is 5.74. The second-order valence-corrected chi connectivity index (χ2v) is 7.62. The maximum Gasteiger partial charge on any atom is 0.320 e. The first-order chi connectivity index (χ1) is 12.5. The topological polar surface area (TPSA) is 113 Å². The molecule has 0 aromatic rings. The highest BCUT2D eigenvalue weighted by Gasteiger charge is 2.71. The van der Waals surface area contributed by atoms with Gasteiger partial charge in [-0.25, -0.2) is 0 Å². The van der Waals surface area contributed by atoms with E-state index in [0.29, 0.717) is 6.42 Å². The number of ether oxygens (including phenoxy) is 2. The average Bonchev–Trinajstić information content (AvgIpc) is 3.14. The molecule has 0 spiro atoms. The smallest absolute Gasteiger partial charge is 0.320 e. The van der Waals surface area contributed by atoms with Crippen LogP contribution in [0.1, 0.15) is 27.2 Å². The van der Waals surface area contributed by atoms with Crippen molar-refractivity contribution in [2.45, 2.75) is 51.3 Å². The van der Waals surface area contributed by atoms with Crippen LogP contribution in [0.2, 0.25) is 0 Å². The zero-order valence-corrected chi connectivity index (χ0v) is 15.0. The van der Waals surface area contributed by atoms with Gasteiger partial charge in [-0.3, -0.25) is 14.4 Å². The SMILES string of the molecule is CC(=O)OC1C2CC3C(C(=O)N(C(C)C)C31)C2C(=O)OCC(F)(F)C(=O)[O-]. The van der Waals surface area contributed by atoms with Crippen molar-refractivity contribution in [3.63, 3.8) is 0 Å². The minimum Gasteiger partial charge on any atom is -0.544 e. The summed E-state index contributed by atoms with van der Waals surface area (Å²) in [7, 11) is 0. The molecule has 0 radical (unpaired) electrons. The summed E-state index contributed by atoms with van der Waals surface area (Å²) in [4.78, 5) is 48.8. The van der Waals surface area contributed by atoms with E-state index in [-0.39, 0.29) is 23.9 Å². The van der Waals surface area contributed by atoms with Gasteiger partial charge in [0.25, 0.3) is 0 Å². The second-order valence-electron chi connectivity index (χ2n) is 7.62. The van der Waals surface area contributed by atoms with Crippen molar-refractivity contribution in [3.8, 4) is 0 Å². The van der Waals surface area contributed by atoms with Crippen LogP contribution >= 0.6 is 0 Å². The fourth-order valence-electron chi connectivity index (χ4n) is 4.93. The monoisotopic (exact) mass is 388 g/mol.